The van der Waals surface area contributed by atoms with Gasteiger partial charge in [0.25, 0.3) is 5.91 Å². The number of pyridine rings is 1. The first kappa shape index (κ1) is 17.4. The molecule has 1 saturated carbocycles. The maximum atomic E-state index is 13.0. The lowest BCUT2D eigenvalue weighted by Crippen LogP contribution is -2.57. The number of hydrogen-bond donors (Lipinski definition) is 1. The highest BCUT2D eigenvalue weighted by atomic mass is 16.5. The third-order valence-electron chi connectivity index (χ3n) is 5.55. The number of rotatable bonds is 4. The number of ether oxygens (including phenoxy) is 1. The van der Waals surface area contributed by atoms with E-state index in [0.29, 0.717) is 0 Å². The van der Waals surface area contributed by atoms with Crippen molar-refractivity contribution < 1.29 is 14.3 Å². The number of carbonyl (C=O) groups excluding carboxylic acids is 2. The van der Waals surface area contributed by atoms with Crippen LogP contribution in [-0.4, -0.2) is 71.5 Å². The van der Waals surface area contributed by atoms with Crippen LogP contribution in [0.15, 0.2) is 24.5 Å². The van der Waals surface area contributed by atoms with Crippen LogP contribution in [0.25, 0.3) is 0 Å². The molecule has 7 heteroatoms. The summed E-state index contributed by atoms with van der Waals surface area (Å²) in [6, 6.07) is 3.75. The molecule has 0 radical (unpaired) electrons. The van der Waals surface area contributed by atoms with Crippen molar-refractivity contribution in [2.45, 2.75) is 49.9 Å². The van der Waals surface area contributed by atoms with E-state index in [2.05, 4.69) is 22.2 Å². The van der Waals surface area contributed by atoms with E-state index in [0.717, 1.165) is 44.3 Å². The van der Waals surface area contributed by atoms with E-state index in [4.69, 9.17) is 4.74 Å². The third-order valence-corrected chi connectivity index (χ3v) is 5.55. The molecule has 1 aromatic rings. The van der Waals surface area contributed by atoms with Gasteiger partial charge in [-0.25, -0.2) is 0 Å². The van der Waals surface area contributed by atoms with Crippen LogP contribution in [0, 0.1) is 0 Å². The SMILES string of the molecule is CN1CCC(NC(=O)[C@H]2OCC(=O)N(C3CC3)[C@@H]2c2cccnc2)CC1. The molecule has 2 atom stereocenters. The second kappa shape index (κ2) is 7.32. The highest BCUT2D eigenvalue weighted by Crippen LogP contribution is 2.39. The average Bonchev–Trinajstić information content (AvgIpc) is 3.49. The molecule has 2 aliphatic heterocycles. The van der Waals surface area contributed by atoms with E-state index in [1.165, 1.54) is 0 Å². The smallest absolute Gasteiger partial charge is 0.251 e. The Balaban J connectivity index is 1.54. The predicted octanol–water partition coefficient (Wildman–Crippen LogP) is 0.723. The number of aromatic nitrogens is 1. The first-order valence-electron chi connectivity index (χ1n) is 9.45. The predicted molar refractivity (Wildman–Crippen MR) is 95.2 cm³/mol. The number of morpholine rings is 1. The van der Waals surface area contributed by atoms with Crippen molar-refractivity contribution in [3.63, 3.8) is 0 Å². The summed E-state index contributed by atoms with van der Waals surface area (Å²) in [4.78, 5) is 33.8. The van der Waals surface area contributed by atoms with Crippen molar-refractivity contribution in [2.24, 2.45) is 0 Å². The van der Waals surface area contributed by atoms with Crippen LogP contribution in [0.1, 0.15) is 37.3 Å². The van der Waals surface area contributed by atoms with Crippen molar-refractivity contribution in [1.29, 1.82) is 0 Å². The normalized spacial score (nSPS) is 28.2. The van der Waals surface area contributed by atoms with Crippen LogP contribution in [0.3, 0.4) is 0 Å². The van der Waals surface area contributed by atoms with Gasteiger partial charge in [0, 0.05) is 24.5 Å². The molecule has 0 bridgehead atoms. The van der Waals surface area contributed by atoms with E-state index >= 15 is 0 Å². The summed E-state index contributed by atoms with van der Waals surface area (Å²) < 4.78 is 5.75. The molecular weight excluding hydrogens is 332 g/mol. The summed E-state index contributed by atoms with van der Waals surface area (Å²) in [6.45, 7) is 1.93. The second-order valence-electron chi connectivity index (χ2n) is 7.58. The minimum absolute atomic E-state index is 0.0290. The fraction of sp³-hybridized carbons (Fsp3) is 0.632. The van der Waals surface area contributed by atoms with Crippen LogP contribution >= 0.6 is 0 Å². The van der Waals surface area contributed by atoms with Gasteiger partial charge in [0.1, 0.15) is 6.61 Å². The van der Waals surface area contributed by atoms with Gasteiger partial charge < -0.3 is 19.9 Å². The summed E-state index contributed by atoms with van der Waals surface area (Å²) in [5.41, 5.74) is 0.857. The third kappa shape index (κ3) is 3.59. The Kier molecular flexibility index (Phi) is 4.91. The minimum atomic E-state index is -0.683. The van der Waals surface area contributed by atoms with Gasteiger partial charge in [-0.15, -0.1) is 0 Å². The molecule has 4 rings (SSSR count). The number of amides is 2. The Bertz CT molecular complexity index is 656. The molecule has 2 amide bonds. The summed E-state index contributed by atoms with van der Waals surface area (Å²) in [5.74, 6) is -0.156. The van der Waals surface area contributed by atoms with Gasteiger partial charge >= 0.3 is 0 Å². The average molecular weight is 358 g/mol. The lowest BCUT2D eigenvalue weighted by atomic mass is 9.97. The van der Waals surface area contributed by atoms with E-state index in [-0.39, 0.29) is 30.5 Å². The number of piperidine rings is 1. The number of likely N-dealkylation sites (tertiary alicyclic amines) is 1. The molecule has 26 heavy (non-hydrogen) atoms. The second-order valence-corrected chi connectivity index (χ2v) is 7.58. The number of hydrogen-bond acceptors (Lipinski definition) is 5. The van der Waals surface area contributed by atoms with Gasteiger partial charge in [-0.3, -0.25) is 14.6 Å². The maximum absolute atomic E-state index is 13.0. The largest absolute Gasteiger partial charge is 0.356 e. The van der Waals surface area contributed by atoms with Crippen LogP contribution in [0.5, 0.6) is 0 Å². The van der Waals surface area contributed by atoms with E-state index in [1.54, 1.807) is 12.4 Å². The molecule has 0 spiro atoms. The molecule has 0 aromatic carbocycles. The van der Waals surface area contributed by atoms with Crippen LogP contribution in [-0.2, 0) is 14.3 Å². The molecule has 7 nitrogen and oxygen atoms in total. The highest BCUT2D eigenvalue weighted by Gasteiger charge is 2.47. The fourth-order valence-electron chi connectivity index (χ4n) is 3.95. The van der Waals surface area contributed by atoms with Crippen molar-refractivity contribution in [3.8, 4) is 0 Å². The monoisotopic (exact) mass is 358 g/mol. The summed E-state index contributed by atoms with van der Waals surface area (Å²) >= 11 is 0. The van der Waals surface area contributed by atoms with Gasteiger partial charge in [0.2, 0.25) is 5.91 Å². The van der Waals surface area contributed by atoms with Crippen molar-refractivity contribution in [3.05, 3.63) is 30.1 Å². The van der Waals surface area contributed by atoms with Gasteiger partial charge in [-0.1, -0.05) is 6.07 Å². The van der Waals surface area contributed by atoms with Crippen LogP contribution in [0.4, 0.5) is 0 Å². The molecule has 3 fully saturated rings. The zero-order valence-electron chi connectivity index (χ0n) is 15.1. The van der Waals surface area contributed by atoms with Crippen LogP contribution < -0.4 is 5.32 Å². The standard InChI is InChI=1S/C19H26N4O3/c1-22-9-6-14(7-10-22)21-19(25)18-17(13-3-2-8-20-11-13)23(15-4-5-15)16(24)12-26-18/h2-3,8,11,14-15,17-18H,4-7,9-10,12H2,1H3,(H,21,25)/t17-,18+/m1/s1. The van der Waals surface area contributed by atoms with Crippen LogP contribution in [0.2, 0.25) is 0 Å². The van der Waals surface area contributed by atoms with Crippen molar-refractivity contribution in [1.82, 2.24) is 20.1 Å². The topological polar surface area (TPSA) is 74.8 Å². The zero-order chi connectivity index (χ0) is 18.1. The molecule has 1 N–H and O–H groups in total. The Morgan fingerprint density at radius 3 is 2.69 bits per heavy atom. The molecule has 1 aromatic heterocycles. The highest BCUT2D eigenvalue weighted by molar-refractivity contribution is 5.87. The molecular formula is C19H26N4O3. The minimum Gasteiger partial charge on any atom is -0.356 e. The maximum Gasteiger partial charge on any atom is 0.251 e. The van der Waals surface area contributed by atoms with E-state index in [1.807, 2.05) is 17.0 Å². The summed E-state index contributed by atoms with van der Waals surface area (Å²) in [7, 11) is 2.10. The zero-order valence-corrected chi connectivity index (χ0v) is 15.1. The summed E-state index contributed by atoms with van der Waals surface area (Å²) in [5, 5.41) is 3.15. The van der Waals surface area contributed by atoms with Crippen molar-refractivity contribution >= 4 is 11.8 Å². The van der Waals surface area contributed by atoms with E-state index < -0.39 is 12.1 Å². The molecule has 0 unspecified atom stereocenters. The number of nitrogens with one attached hydrogen (secondary N) is 1. The molecule has 140 valence electrons. The lowest BCUT2D eigenvalue weighted by molar-refractivity contribution is -0.165. The van der Waals surface area contributed by atoms with E-state index in [9.17, 15) is 9.59 Å². The Morgan fingerprint density at radius 1 is 1.27 bits per heavy atom. The molecule has 1 aliphatic carbocycles. The van der Waals surface area contributed by atoms with Gasteiger partial charge in [-0.2, -0.15) is 0 Å². The quantitative estimate of drug-likeness (QED) is 0.859. The van der Waals surface area contributed by atoms with Crippen molar-refractivity contribution in [2.75, 3.05) is 26.7 Å². The van der Waals surface area contributed by atoms with Gasteiger partial charge in [0.15, 0.2) is 6.10 Å². The Morgan fingerprint density at radius 2 is 2.04 bits per heavy atom. The first-order valence-corrected chi connectivity index (χ1v) is 9.45. The summed E-state index contributed by atoms with van der Waals surface area (Å²) in [6.07, 6.45) is 6.62. The number of nitrogens with zero attached hydrogens (tertiary/aromatic N) is 3. The fourth-order valence-corrected chi connectivity index (χ4v) is 3.95. The molecule has 3 heterocycles. The Hall–Kier alpha value is -1.99. The first-order chi connectivity index (χ1) is 12.6. The van der Waals surface area contributed by atoms with Gasteiger partial charge in [0.05, 0.1) is 6.04 Å². The number of carbonyl (C=O) groups is 2. The lowest BCUT2D eigenvalue weighted by Gasteiger charge is -2.41. The molecule has 2 saturated heterocycles. The Labute approximate surface area is 153 Å². The molecule has 3 aliphatic rings. The van der Waals surface area contributed by atoms with Gasteiger partial charge in [-0.05, 0) is 57.5 Å².